The first-order chi connectivity index (χ1) is 11.7. The summed E-state index contributed by atoms with van der Waals surface area (Å²) in [5.41, 5.74) is 1.90. The van der Waals surface area contributed by atoms with Crippen molar-refractivity contribution in [2.45, 2.75) is 19.4 Å². The van der Waals surface area contributed by atoms with Crippen molar-refractivity contribution in [2.75, 3.05) is 32.1 Å². The zero-order chi connectivity index (χ0) is 16.8. The summed E-state index contributed by atoms with van der Waals surface area (Å²) in [6, 6.07) is 10.1. The Hall–Kier alpha value is -2.34. The molecular weight excluding hydrogens is 304 g/mol. The zero-order valence-corrected chi connectivity index (χ0v) is 14.0. The molecule has 2 heterocycles. The number of urea groups is 1. The van der Waals surface area contributed by atoms with Gasteiger partial charge in [0.15, 0.2) is 0 Å². The van der Waals surface area contributed by atoms with E-state index < -0.39 is 0 Å². The van der Waals surface area contributed by atoms with Crippen LogP contribution >= 0.6 is 0 Å². The van der Waals surface area contributed by atoms with E-state index in [9.17, 15) is 4.79 Å². The summed E-state index contributed by atoms with van der Waals surface area (Å²) in [5, 5.41) is 7.26. The van der Waals surface area contributed by atoms with E-state index >= 15 is 0 Å². The van der Waals surface area contributed by atoms with Crippen LogP contribution < -0.4 is 5.32 Å². The number of benzene rings is 1. The summed E-state index contributed by atoms with van der Waals surface area (Å²) in [4.78, 5) is 14.3. The van der Waals surface area contributed by atoms with Crippen molar-refractivity contribution in [3.8, 4) is 0 Å². The number of methoxy groups -OCH3 is 1. The van der Waals surface area contributed by atoms with E-state index in [0.717, 1.165) is 31.6 Å². The first-order valence-corrected chi connectivity index (χ1v) is 8.36. The number of carbonyl (C=O) groups excluding carboxylic acids is 1. The van der Waals surface area contributed by atoms with Crippen LogP contribution in [0, 0.1) is 5.92 Å². The first kappa shape index (κ1) is 16.5. The molecule has 0 bridgehead atoms. The predicted octanol–water partition coefficient (Wildman–Crippen LogP) is 2.82. The minimum absolute atomic E-state index is 0.0601. The van der Waals surface area contributed by atoms with Gasteiger partial charge in [-0.2, -0.15) is 5.10 Å². The number of hydrogen-bond acceptors (Lipinski definition) is 3. The summed E-state index contributed by atoms with van der Waals surface area (Å²) < 4.78 is 7.04. The highest BCUT2D eigenvalue weighted by atomic mass is 16.5. The van der Waals surface area contributed by atoms with Gasteiger partial charge in [0.05, 0.1) is 25.0 Å². The second kappa shape index (κ2) is 7.97. The maximum absolute atomic E-state index is 12.4. The maximum atomic E-state index is 12.4. The molecule has 2 amide bonds. The third kappa shape index (κ3) is 4.35. The molecular formula is C18H24N4O2. The van der Waals surface area contributed by atoms with Crippen LogP contribution in [0.25, 0.3) is 0 Å². The molecule has 1 N–H and O–H groups in total. The number of anilines is 1. The lowest BCUT2D eigenvalue weighted by Gasteiger charge is -2.32. The SMILES string of the molecule is COC[C@@H]1CCCN(C(=O)Nc2cnn(Cc3ccccc3)c2)C1. The molecule has 128 valence electrons. The second-order valence-electron chi connectivity index (χ2n) is 6.25. The Morgan fingerprint density at radius 1 is 1.38 bits per heavy atom. The van der Waals surface area contributed by atoms with Crippen LogP contribution in [0.2, 0.25) is 0 Å². The third-order valence-electron chi connectivity index (χ3n) is 4.28. The summed E-state index contributed by atoms with van der Waals surface area (Å²) >= 11 is 0. The number of ether oxygens (including phenoxy) is 1. The Balaban J connectivity index is 1.55. The van der Waals surface area contributed by atoms with Gasteiger partial charge in [0.1, 0.15) is 0 Å². The molecule has 0 spiro atoms. The highest BCUT2D eigenvalue weighted by Crippen LogP contribution is 2.18. The molecule has 1 fully saturated rings. The number of likely N-dealkylation sites (tertiary alicyclic amines) is 1. The summed E-state index contributed by atoms with van der Waals surface area (Å²) in [6.45, 7) is 2.94. The van der Waals surface area contributed by atoms with Gasteiger partial charge in [0.25, 0.3) is 0 Å². The Morgan fingerprint density at radius 2 is 2.21 bits per heavy atom. The van der Waals surface area contributed by atoms with Gasteiger partial charge in [-0.25, -0.2) is 4.79 Å². The first-order valence-electron chi connectivity index (χ1n) is 8.36. The summed E-state index contributed by atoms with van der Waals surface area (Å²) in [7, 11) is 1.71. The topological polar surface area (TPSA) is 59.4 Å². The lowest BCUT2D eigenvalue weighted by Crippen LogP contribution is -2.43. The minimum atomic E-state index is -0.0601. The molecule has 1 aliphatic rings. The van der Waals surface area contributed by atoms with Gasteiger partial charge in [-0.3, -0.25) is 4.68 Å². The Morgan fingerprint density at radius 3 is 3.00 bits per heavy atom. The van der Waals surface area contributed by atoms with Crippen LogP contribution in [0.15, 0.2) is 42.7 Å². The van der Waals surface area contributed by atoms with Crippen LogP contribution in [0.5, 0.6) is 0 Å². The lowest BCUT2D eigenvalue weighted by atomic mass is 9.99. The van der Waals surface area contributed by atoms with Crippen LogP contribution in [-0.2, 0) is 11.3 Å². The molecule has 1 atom stereocenters. The average molecular weight is 328 g/mol. The molecule has 1 aromatic heterocycles. The third-order valence-corrected chi connectivity index (χ3v) is 4.28. The molecule has 0 unspecified atom stereocenters. The van der Waals surface area contributed by atoms with Crippen molar-refractivity contribution in [3.63, 3.8) is 0 Å². The molecule has 1 aromatic carbocycles. The number of rotatable bonds is 5. The molecule has 2 aromatic rings. The quantitative estimate of drug-likeness (QED) is 0.918. The fraction of sp³-hybridized carbons (Fsp3) is 0.444. The number of aromatic nitrogens is 2. The van der Waals surface area contributed by atoms with Crippen molar-refractivity contribution in [2.24, 2.45) is 5.92 Å². The van der Waals surface area contributed by atoms with Crippen molar-refractivity contribution in [3.05, 3.63) is 48.3 Å². The van der Waals surface area contributed by atoms with Gasteiger partial charge in [-0.05, 0) is 18.4 Å². The van der Waals surface area contributed by atoms with Gasteiger partial charge < -0.3 is 15.0 Å². The summed E-state index contributed by atoms with van der Waals surface area (Å²) in [5.74, 6) is 0.426. The highest BCUT2D eigenvalue weighted by Gasteiger charge is 2.23. The van der Waals surface area contributed by atoms with Crippen molar-refractivity contribution < 1.29 is 9.53 Å². The molecule has 3 rings (SSSR count). The second-order valence-corrected chi connectivity index (χ2v) is 6.25. The molecule has 0 radical (unpaired) electrons. The fourth-order valence-corrected chi connectivity index (χ4v) is 3.11. The molecule has 24 heavy (non-hydrogen) atoms. The lowest BCUT2D eigenvalue weighted by molar-refractivity contribution is 0.104. The Kier molecular flexibility index (Phi) is 5.48. The smallest absolute Gasteiger partial charge is 0.321 e. The largest absolute Gasteiger partial charge is 0.384 e. The van der Waals surface area contributed by atoms with Gasteiger partial charge in [0.2, 0.25) is 0 Å². The van der Waals surface area contributed by atoms with Gasteiger partial charge in [-0.15, -0.1) is 0 Å². The Labute approximate surface area is 142 Å². The molecule has 0 saturated carbocycles. The standard InChI is InChI=1S/C18H24N4O2/c1-24-14-16-8-5-9-21(11-16)18(23)20-17-10-19-22(13-17)12-15-6-3-2-4-7-15/h2-4,6-7,10,13,16H,5,8-9,11-12,14H2,1H3,(H,20,23)/t16-/m1/s1. The predicted molar refractivity (Wildman–Crippen MR) is 93.0 cm³/mol. The van der Waals surface area contributed by atoms with E-state index in [2.05, 4.69) is 22.5 Å². The van der Waals surface area contributed by atoms with E-state index in [1.807, 2.05) is 34.0 Å². The van der Waals surface area contributed by atoms with Crippen LogP contribution in [0.3, 0.4) is 0 Å². The maximum Gasteiger partial charge on any atom is 0.321 e. The molecule has 1 saturated heterocycles. The highest BCUT2D eigenvalue weighted by molar-refractivity contribution is 5.89. The van der Waals surface area contributed by atoms with Crippen LogP contribution in [0.1, 0.15) is 18.4 Å². The van der Waals surface area contributed by atoms with E-state index in [1.54, 1.807) is 13.3 Å². The average Bonchev–Trinajstić information content (AvgIpc) is 3.03. The van der Waals surface area contributed by atoms with E-state index in [-0.39, 0.29) is 6.03 Å². The number of amides is 2. The van der Waals surface area contributed by atoms with Crippen molar-refractivity contribution >= 4 is 11.7 Å². The Bertz CT molecular complexity index is 654. The molecule has 0 aliphatic carbocycles. The zero-order valence-electron chi connectivity index (χ0n) is 14.0. The van der Waals surface area contributed by atoms with E-state index in [0.29, 0.717) is 19.1 Å². The van der Waals surface area contributed by atoms with E-state index in [1.165, 1.54) is 5.56 Å². The van der Waals surface area contributed by atoms with Gasteiger partial charge >= 0.3 is 6.03 Å². The number of piperidine rings is 1. The number of nitrogens with zero attached hydrogens (tertiary/aromatic N) is 3. The van der Waals surface area contributed by atoms with Crippen molar-refractivity contribution in [1.82, 2.24) is 14.7 Å². The van der Waals surface area contributed by atoms with Crippen LogP contribution in [-0.4, -0.2) is 47.5 Å². The van der Waals surface area contributed by atoms with Crippen LogP contribution in [0.4, 0.5) is 10.5 Å². The number of nitrogens with one attached hydrogen (secondary N) is 1. The van der Waals surface area contributed by atoms with Gasteiger partial charge in [0, 0.05) is 32.3 Å². The fourth-order valence-electron chi connectivity index (χ4n) is 3.11. The summed E-state index contributed by atoms with van der Waals surface area (Å²) in [6.07, 6.45) is 5.69. The van der Waals surface area contributed by atoms with E-state index in [4.69, 9.17) is 4.74 Å². The molecule has 6 heteroatoms. The monoisotopic (exact) mass is 328 g/mol. The minimum Gasteiger partial charge on any atom is -0.384 e. The normalized spacial score (nSPS) is 17.7. The number of carbonyl (C=O) groups is 1. The number of hydrogen-bond donors (Lipinski definition) is 1. The molecule has 6 nitrogen and oxygen atoms in total. The van der Waals surface area contributed by atoms with Gasteiger partial charge in [-0.1, -0.05) is 30.3 Å². The molecule has 1 aliphatic heterocycles. The van der Waals surface area contributed by atoms with Crippen molar-refractivity contribution in [1.29, 1.82) is 0 Å².